The molecule has 0 aliphatic carbocycles. The molecule has 2 N–H and O–H groups in total. The molecule has 1 aromatic carbocycles. The molecule has 92 valence electrons. The van der Waals surface area contributed by atoms with Gasteiger partial charge in [0, 0.05) is 5.02 Å². The van der Waals surface area contributed by atoms with E-state index < -0.39 is 16.1 Å². The lowest BCUT2D eigenvalue weighted by molar-refractivity contribution is 0.245. The highest BCUT2D eigenvalue weighted by atomic mass is 35.5. The Balaban J connectivity index is 3.21. The number of ether oxygens (including phenoxy) is 1. The van der Waals surface area contributed by atoms with Crippen LogP contribution in [-0.2, 0) is 10.0 Å². The van der Waals surface area contributed by atoms with Crippen LogP contribution in [0.4, 0.5) is 0 Å². The number of primary sulfonamides is 1. The number of hydrogen-bond donors (Lipinski definition) is 1. The fourth-order valence-electron chi connectivity index (χ4n) is 1.16. The highest BCUT2D eigenvalue weighted by Gasteiger charge is 2.18. The largest absolute Gasteiger partial charge is 0.474 e. The smallest absolute Gasteiger partial charge is 0.241 e. The van der Waals surface area contributed by atoms with E-state index in [2.05, 4.69) is 0 Å². The average Bonchev–Trinajstić information content (AvgIpc) is 2.26. The molecule has 5 nitrogen and oxygen atoms in total. The number of nitriles is 1. The zero-order chi connectivity index (χ0) is 13.1. The van der Waals surface area contributed by atoms with Gasteiger partial charge in [-0.2, -0.15) is 5.26 Å². The number of nitrogens with zero attached hydrogens (tertiary/aromatic N) is 1. The van der Waals surface area contributed by atoms with Crippen molar-refractivity contribution in [3.8, 4) is 11.8 Å². The van der Waals surface area contributed by atoms with Gasteiger partial charge >= 0.3 is 0 Å². The molecule has 0 amide bonds. The Bertz CT molecular complexity index is 551. The maximum atomic E-state index is 11.3. The van der Waals surface area contributed by atoms with E-state index >= 15 is 0 Å². The molecule has 0 saturated carbocycles. The monoisotopic (exact) mass is 274 g/mol. The maximum absolute atomic E-state index is 11.3. The number of hydrogen-bond acceptors (Lipinski definition) is 4. The van der Waals surface area contributed by atoms with Gasteiger partial charge in [0.05, 0.1) is 0 Å². The fourth-order valence-corrected chi connectivity index (χ4v) is 2.08. The summed E-state index contributed by atoms with van der Waals surface area (Å²) < 4.78 is 27.9. The van der Waals surface area contributed by atoms with Crippen molar-refractivity contribution >= 4 is 21.6 Å². The lowest BCUT2D eigenvalue weighted by Gasteiger charge is -2.13. The predicted molar refractivity (Wildman–Crippen MR) is 63.1 cm³/mol. The van der Waals surface area contributed by atoms with Gasteiger partial charge in [-0.15, -0.1) is 0 Å². The summed E-state index contributed by atoms with van der Waals surface area (Å²) >= 11 is 5.69. The fraction of sp³-hybridized carbons (Fsp3) is 0.300. The minimum absolute atomic E-state index is 0.0327. The zero-order valence-corrected chi connectivity index (χ0v) is 10.6. The molecule has 1 atom stereocenters. The first kappa shape index (κ1) is 13.8. The Hall–Kier alpha value is -1.29. The third-order valence-corrected chi connectivity index (χ3v) is 3.16. The Kier molecular flexibility index (Phi) is 4.34. The van der Waals surface area contributed by atoms with E-state index in [4.69, 9.17) is 26.7 Å². The molecule has 17 heavy (non-hydrogen) atoms. The number of benzene rings is 1. The molecule has 0 aromatic heterocycles. The molecule has 0 aliphatic rings. The van der Waals surface area contributed by atoms with Crippen LogP contribution in [0.5, 0.6) is 5.75 Å². The highest BCUT2D eigenvalue weighted by Crippen LogP contribution is 2.27. The van der Waals surface area contributed by atoms with Crippen LogP contribution in [-0.4, -0.2) is 14.5 Å². The summed E-state index contributed by atoms with van der Waals surface area (Å²) in [6.07, 6.45) is -0.292. The van der Waals surface area contributed by atoms with Crippen molar-refractivity contribution in [1.29, 1.82) is 5.26 Å². The quantitative estimate of drug-likeness (QED) is 0.904. The van der Waals surface area contributed by atoms with Crippen molar-refractivity contribution in [3.05, 3.63) is 23.2 Å². The van der Waals surface area contributed by atoms with Gasteiger partial charge in [-0.1, -0.05) is 18.5 Å². The van der Waals surface area contributed by atoms with Crippen LogP contribution < -0.4 is 9.88 Å². The highest BCUT2D eigenvalue weighted by molar-refractivity contribution is 7.89. The van der Waals surface area contributed by atoms with Crippen molar-refractivity contribution in [2.45, 2.75) is 24.3 Å². The van der Waals surface area contributed by atoms with Crippen LogP contribution in [0.3, 0.4) is 0 Å². The molecule has 0 radical (unpaired) electrons. The van der Waals surface area contributed by atoms with E-state index in [9.17, 15) is 8.42 Å². The molecule has 0 aliphatic heterocycles. The van der Waals surface area contributed by atoms with Crippen LogP contribution in [0.25, 0.3) is 0 Å². The van der Waals surface area contributed by atoms with Gasteiger partial charge in [0.1, 0.15) is 16.7 Å². The molecule has 7 heteroatoms. The third-order valence-electron chi connectivity index (χ3n) is 2.00. The van der Waals surface area contributed by atoms with Crippen LogP contribution in [0.1, 0.15) is 13.3 Å². The van der Waals surface area contributed by atoms with Crippen molar-refractivity contribution in [3.63, 3.8) is 0 Å². The van der Waals surface area contributed by atoms with E-state index in [0.717, 1.165) is 0 Å². The lowest BCUT2D eigenvalue weighted by Crippen LogP contribution is -2.18. The summed E-state index contributed by atoms with van der Waals surface area (Å²) in [6, 6.07) is 5.94. The van der Waals surface area contributed by atoms with Gasteiger partial charge < -0.3 is 4.74 Å². The minimum atomic E-state index is -3.94. The van der Waals surface area contributed by atoms with Gasteiger partial charge in [0.15, 0.2) is 6.10 Å². The second kappa shape index (κ2) is 5.36. The summed E-state index contributed by atoms with van der Waals surface area (Å²) in [4.78, 5) is -0.223. The van der Waals surface area contributed by atoms with Crippen LogP contribution in [0, 0.1) is 11.3 Å². The van der Waals surface area contributed by atoms with Crippen molar-refractivity contribution in [1.82, 2.24) is 0 Å². The second-order valence-electron chi connectivity index (χ2n) is 3.28. The molecule has 0 saturated heterocycles. The summed E-state index contributed by atoms with van der Waals surface area (Å²) in [5.41, 5.74) is 0. The number of nitrogens with two attached hydrogens (primary N) is 1. The Morgan fingerprint density at radius 3 is 2.71 bits per heavy atom. The standard InChI is InChI=1S/C10H11ClN2O3S/c1-2-8(6-12)16-9-4-3-7(11)5-10(9)17(13,14)15/h3-5,8H,2H2,1H3,(H2,13,14,15). The van der Waals surface area contributed by atoms with Gasteiger partial charge in [-0.05, 0) is 24.6 Å². The Morgan fingerprint density at radius 2 is 2.24 bits per heavy atom. The van der Waals surface area contributed by atoms with E-state index in [-0.39, 0.29) is 15.7 Å². The summed E-state index contributed by atoms with van der Waals surface area (Å²) in [5.74, 6) is 0.0327. The average molecular weight is 275 g/mol. The first-order valence-electron chi connectivity index (χ1n) is 4.77. The molecule has 1 unspecified atom stereocenters. The molecule has 1 aromatic rings. The second-order valence-corrected chi connectivity index (χ2v) is 5.25. The van der Waals surface area contributed by atoms with E-state index in [1.807, 2.05) is 6.07 Å². The SMILES string of the molecule is CCC(C#N)Oc1ccc(Cl)cc1S(N)(=O)=O. The van der Waals surface area contributed by atoms with Gasteiger partial charge in [-0.25, -0.2) is 13.6 Å². The molecular weight excluding hydrogens is 264 g/mol. The minimum Gasteiger partial charge on any atom is -0.474 e. The maximum Gasteiger partial charge on any atom is 0.241 e. The van der Waals surface area contributed by atoms with Gasteiger partial charge in [0.2, 0.25) is 10.0 Å². The topological polar surface area (TPSA) is 93.2 Å². The number of sulfonamides is 1. The molecule has 0 spiro atoms. The Morgan fingerprint density at radius 1 is 1.59 bits per heavy atom. The third kappa shape index (κ3) is 3.60. The van der Waals surface area contributed by atoms with E-state index in [1.165, 1.54) is 18.2 Å². The molecule has 0 bridgehead atoms. The van der Waals surface area contributed by atoms with E-state index in [0.29, 0.717) is 6.42 Å². The summed E-state index contributed by atoms with van der Waals surface area (Å²) in [6.45, 7) is 1.75. The first-order valence-corrected chi connectivity index (χ1v) is 6.69. The van der Waals surface area contributed by atoms with Gasteiger partial charge in [0.25, 0.3) is 0 Å². The van der Waals surface area contributed by atoms with Gasteiger partial charge in [-0.3, -0.25) is 0 Å². The number of rotatable bonds is 4. The molecule has 0 heterocycles. The summed E-state index contributed by atoms with van der Waals surface area (Å²) in [5, 5.41) is 14.0. The lowest BCUT2D eigenvalue weighted by atomic mass is 10.3. The van der Waals surface area contributed by atoms with Crippen molar-refractivity contribution in [2.75, 3.05) is 0 Å². The summed E-state index contributed by atoms with van der Waals surface area (Å²) in [7, 11) is -3.94. The molecular formula is C10H11ClN2O3S. The first-order chi connectivity index (χ1) is 7.88. The van der Waals surface area contributed by atoms with Crippen LogP contribution in [0.2, 0.25) is 5.02 Å². The zero-order valence-electron chi connectivity index (χ0n) is 9.05. The van der Waals surface area contributed by atoms with E-state index in [1.54, 1.807) is 6.92 Å². The van der Waals surface area contributed by atoms with Crippen LogP contribution in [0.15, 0.2) is 23.1 Å². The van der Waals surface area contributed by atoms with Crippen molar-refractivity contribution < 1.29 is 13.2 Å². The normalized spacial score (nSPS) is 12.8. The Labute approximate surface area is 105 Å². The van der Waals surface area contributed by atoms with Crippen molar-refractivity contribution in [2.24, 2.45) is 5.14 Å². The predicted octanol–water partition coefficient (Wildman–Crippen LogP) is 1.67. The van der Waals surface area contributed by atoms with Crippen LogP contribution >= 0.6 is 11.6 Å². The molecule has 0 fully saturated rings. The molecule has 1 rings (SSSR count). The number of halogens is 1.